The Kier molecular flexibility index (Phi) is 3.23. The van der Waals surface area contributed by atoms with Crippen LogP contribution in [-0.4, -0.2) is 45.2 Å². The van der Waals surface area contributed by atoms with Crippen molar-refractivity contribution < 1.29 is 19.8 Å². The third-order valence-corrected chi connectivity index (χ3v) is 3.36. The molecule has 3 N–H and O–H groups in total. The van der Waals surface area contributed by atoms with E-state index in [4.69, 9.17) is 14.7 Å². The zero-order chi connectivity index (χ0) is 13.4. The topological polar surface area (TPSA) is 106 Å². The first-order chi connectivity index (χ1) is 9.19. The van der Waals surface area contributed by atoms with Crippen molar-refractivity contribution in [3.63, 3.8) is 0 Å². The Labute approximate surface area is 108 Å². The molecule has 1 saturated heterocycles. The Morgan fingerprint density at radius 1 is 1.58 bits per heavy atom. The average molecular weight is 269 g/mol. The average Bonchev–Trinajstić information content (AvgIpc) is 2.79. The van der Waals surface area contributed by atoms with E-state index in [-0.39, 0.29) is 13.0 Å². The monoisotopic (exact) mass is 269 g/mol. The van der Waals surface area contributed by atoms with Gasteiger partial charge < -0.3 is 14.9 Å². The van der Waals surface area contributed by atoms with E-state index in [9.17, 15) is 9.90 Å². The van der Waals surface area contributed by atoms with Gasteiger partial charge in [0.1, 0.15) is 12.3 Å². The van der Waals surface area contributed by atoms with Crippen LogP contribution in [0.15, 0.2) is 11.0 Å². The molecular weight excluding hydrogens is 254 g/mol. The van der Waals surface area contributed by atoms with Crippen LogP contribution in [0.3, 0.4) is 0 Å². The fraction of sp³-hybridized carbons (Fsp3) is 0.636. The van der Waals surface area contributed by atoms with Crippen molar-refractivity contribution in [2.75, 3.05) is 18.7 Å². The van der Waals surface area contributed by atoms with Crippen molar-refractivity contribution in [3.8, 4) is 0 Å². The maximum atomic E-state index is 11.9. The Balaban J connectivity index is 1.91. The van der Waals surface area contributed by atoms with E-state index in [0.717, 1.165) is 5.56 Å². The highest BCUT2D eigenvalue weighted by Gasteiger charge is 2.35. The van der Waals surface area contributed by atoms with Crippen molar-refractivity contribution >= 4 is 5.82 Å². The van der Waals surface area contributed by atoms with Gasteiger partial charge in [-0.3, -0.25) is 9.40 Å². The minimum Gasteiger partial charge on any atom is -0.394 e. The van der Waals surface area contributed by atoms with Gasteiger partial charge in [0.25, 0.3) is 0 Å². The van der Waals surface area contributed by atoms with E-state index < -0.39 is 24.1 Å². The Morgan fingerprint density at radius 3 is 3.16 bits per heavy atom. The largest absolute Gasteiger partial charge is 0.394 e. The maximum Gasteiger partial charge on any atom is 0.351 e. The smallest absolute Gasteiger partial charge is 0.351 e. The lowest BCUT2D eigenvalue weighted by Gasteiger charge is -2.20. The molecule has 2 aliphatic rings. The van der Waals surface area contributed by atoms with Crippen LogP contribution in [0.1, 0.15) is 18.2 Å². The van der Waals surface area contributed by atoms with Crippen molar-refractivity contribution in [3.05, 3.63) is 22.2 Å². The van der Waals surface area contributed by atoms with Gasteiger partial charge in [0.05, 0.1) is 19.3 Å². The zero-order valence-corrected chi connectivity index (χ0v) is 10.2. The molecule has 0 aliphatic carbocycles. The molecule has 2 aliphatic heterocycles. The fourth-order valence-corrected chi connectivity index (χ4v) is 2.32. The highest BCUT2D eigenvalue weighted by Crippen LogP contribution is 2.28. The number of rotatable bonds is 2. The summed E-state index contributed by atoms with van der Waals surface area (Å²) in [5, 5.41) is 18.7. The van der Waals surface area contributed by atoms with Crippen LogP contribution in [0.5, 0.6) is 0 Å². The van der Waals surface area contributed by atoms with E-state index in [1.54, 1.807) is 6.20 Å². The van der Waals surface area contributed by atoms with E-state index in [0.29, 0.717) is 18.8 Å². The maximum absolute atomic E-state index is 11.9. The van der Waals surface area contributed by atoms with Crippen LogP contribution in [-0.2, 0) is 16.0 Å². The Morgan fingerprint density at radius 2 is 2.42 bits per heavy atom. The fourth-order valence-electron chi connectivity index (χ4n) is 2.32. The second-order valence-corrected chi connectivity index (χ2v) is 4.62. The minimum absolute atomic E-state index is 0.259. The summed E-state index contributed by atoms with van der Waals surface area (Å²) in [5.74, 6) is 0.421. The molecule has 8 heteroatoms. The molecule has 0 aromatic carbocycles. The molecule has 3 rings (SSSR count). The van der Waals surface area contributed by atoms with E-state index in [1.807, 2.05) is 0 Å². The van der Waals surface area contributed by atoms with Crippen molar-refractivity contribution in [1.82, 2.24) is 9.55 Å². The predicted octanol–water partition coefficient (Wildman–Crippen LogP) is -1.22. The number of aliphatic hydroxyl groups excluding tert-OH is 2. The third kappa shape index (κ3) is 2.23. The molecule has 3 atom stereocenters. The summed E-state index contributed by atoms with van der Waals surface area (Å²) < 4.78 is 6.80. The molecule has 19 heavy (non-hydrogen) atoms. The van der Waals surface area contributed by atoms with Gasteiger partial charge in [0, 0.05) is 24.6 Å². The minimum atomic E-state index is -0.778. The van der Waals surface area contributed by atoms with Crippen LogP contribution in [0, 0.1) is 0 Å². The Hall–Kier alpha value is -1.48. The quantitative estimate of drug-likeness (QED) is 0.618. The van der Waals surface area contributed by atoms with Crippen LogP contribution in [0.25, 0.3) is 0 Å². The van der Waals surface area contributed by atoms with Gasteiger partial charge in [-0.05, 0) is 0 Å². The molecule has 1 aromatic rings. The van der Waals surface area contributed by atoms with Crippen LogP contribution < -0.4 is 11.2 Å². The third-order valence-electron chi connectivity index (χ3n) is 3.36. The number of aromatic nitrogens is 2. The highest BCUT2D eigenvalue weighted by atomic mass is 16.6. The second kappa shape index (κ2) is 4.89. The molecule has 0 bridgehead atoms. The molecule has 0 saturated carbocycles. The summed E-state index contributed by atoms with van der Waals surface area (Å²) in [6.07, 6.45) is 0.537. The first kappa shape index (κ1) is 12.5. The molecule has 0 spiro atoms. The number of fused-ring (bicyclic) bond motifs is 1. The van der Waals surface area contributed by atoms with Gasteiger partial charge in [-0.25, -0.2) is 10.3 Å². The molecule has 1 fully saturated rings. The molecule has 3 heterocycles. The van der Waals surface area contributed by atoms with Crippen molar-refractivity contribution in [2.24, 2.45) is 0 Å². The SMILES string of the molecule is O=c1nc2c(cn1C1CC(O)[C@H](CO)O1)CCON2. The molecular formula is C11H15N3O5. The summed E-state index contributed by atoms with van der Waals surface area (Å²) in [6.45, 7) is 0.223. The number of hydrogen-bond acceptors (Lipinski definition) is 7. The standard InChI is InChI=1S/C11H15N3O5/c15-5-8-7(16)3-9(19-8)14-4-6-1-2-18-13-10(6)12-11(14)17/h4,7-9,15-16H,1-3,5H2,(H,12,13,17)/t7?,8-,9?/m0/s1. The van der Waals surface area contributed by atoms with Crippen LogP contribution in [0.4, 0.5) is 5.82 Å². The predicted molar refractivity (Wildman–Crippen MR) is 63.4 cm³/mol. The number of ether oxygens (including phenoxy) is 1. The Bertz CT molecular complexity index is 532. The molecule has 0 amide bonds. The van der Waals surface area contributed by atoms with E-state index in [2.05, 4.69) is 10.5 Å². The number of anilines is 1. The second-order valence-electron chi connectivity index (χ2n) is 4.62. The van der Waals surface area contributed by atoms with Gasteiger partial charge in [-0.2, -0.15) is 4.98 Å². The molecule has 104 valence electrons. The summed E-state index contributed by atoms with van der Waals surface area (Å²) in [7, 11) is 0. The molecule has 2 unspecified atom stereocenters. The van der Waals surface area contributed by atoms with Gasteiger partial charge in [0.2, 0.25) is 0 Å². The van der Waals surface area contributed by atoms with Gasteiger partial charge >= 0.3 is 5.69 Å². The van der Waals surface area contributed by atoms with Gasteiger partial charge in [-0.15, -0.1) is 0 Å². The van der Waals surface area contributed by atoms with Crippen molar-refractivity contribution in [1.29, 1.82) is 0 Å². The first-order valence-electron chi connectivity index (χ1n) is 6.13. The lowest BCUT2D eigenvalue weighted by atomic mass is 10.2. The number of aliphatic hydroxyl groups is 2. The normalized spacial score (nSPS) is 29.9. The van der Waals surface area contributed by atoms with Crippen molar-refractivity contribution in [2.45, 2.75) is 31.3 Å². The molecule has 8 nitrogen and oxygen atoms in total. The summed E-state index contributed by atoms with van der Waals surface area (Å²) >= 11 is 0. The number of hydrogen-bond donors (Lipinski definition) is 3. The molecule has 1 aromatic heterocycles. The van der Waals surface area contributed by atoms with E-state index in [1.165, 1.54) is 4.57 Å². The summed E-state index contributed by atoms with van der Waals surface area (Å²) in [4.78, 5) is 20.8. The summed E-state index contributed by atoms with van der Waals surface area (Å²) in [6, 6.07) is 0. The first-order valence-corrected chi connectivity index (χ1v) is 6.13. The van der Waals surface area contributed by atoms with E-state index >= 15 is 0 Å². The molecule has 0 radical (unpaired) electrons. The van der Waals surface area contributed by atoms with Crippen LogP contribution in [0.2, 0.25) is 0 Å². The number of nitrogens with one attached hydrogen (secondary N) is 1. The van der Waals surface area contributed by atoms with Gasteiger partial charge in [0.15, 0.2) is 5.82 Å². The highest BCUT2D eigenvalue weighted by molar-refractivity contribution is 5.41. The number of nitrogens with zero attached hydrogens (tertiary/aromatic N) is 2. The zero-order valence-electron chi connectivity index (χ0n) is 10.2. The lowest BCUT2D eigenvalue weighted by Crippen LogP contribution is -2.31. The van der Waals surface area contributed by atoms with Gasteiger partial charge in [-0.1, -0.05) is 0 Å². The lowest BCUT2D eigenvalue weighted by molar-refractivity contribution is -0.0460. The van der Waals surface area contributed by atoms with Crippen LogP contribution >= 0.6 is 0 Å². The summed E-state index contributed by atoms with van der Waals surface area (Å²) in [5.41, 5.74) is 2.97.